The number of anilines is 1. The molecule has 1 heterocycles. The quantitative estimate of drug-likeness (QED) is 0.608. The predicted molar refractivity (Wildman–Crippen MR) is 72.6 cm³/mol. The van der Waals surface area contributed by atoms with Crippen LogP contribution in [0.3, 0.4) is 0 Å². The highest BCUT2D eigenvalue weighted by atomic mass is 32.1. The molecule has 1 aromatic carbocycles. The second-order valence-corrected chi connectivity index (χ2v) is 5.63. The Morgan fingerprint density at radius 3 is 2.61 bits per heavy atom. The van der Waals surface area contributed by atoms with Crippen LogP contribution in [0.2, 0.25) is 0 Å². The van der Waals surface area contributed by atoms with Crippen LogP contribution in [0.1, 0.15) is 32.3 Å². The van der Waals surface area contributed by atoms with Crippen molar-refractivity contribution in [2.75, 3.05) is 5.73 Å². The molecule has 2 atom stereocenters. The molecule has 0 spiro atoms. The third kappa shape index (κ3) is 2.19. The number of hydrogen-bond donors (Lipinski definition) is 2. The number of thiocarbonyl (C=S) groups is 1. The first-order valence-corrected chi connectivity index (χ1v) is 6.22. The van der Waals surface area contributed by atoms with Crippen LogP contribution in [0.5, 0.6) is 0 Å². The molecule has 0 unspecified atom stereocenters. The van der Waals surface area contributed by atoms with Crippen molar-refractivity contribution in [1.29, 1.82) is 0 Å². The second-order valence-electron chi connectivity index (χ2n) is 5.22. The number of benzene rings is 1. The fraction of sp³-hybridized carbons (Fsp3) is 0.462. The molecule has 18 heavy (non-hydrogen) atoms. The van der Waals surface area contributed by atoms with Crippen molar-refractivity contribution in [1.82, 2.24) is 5.32 Å². The summed E-state index contributed by atoms with van der Waals surface area (Å²) in [4.78, 5) is 0.123. The predicted octanol–water partition coefficient (Wildman–Crippen LogP) is 3.06. The van der Waals surface area contributed by atoms with Gasteiger partial charge in [-0.3, -0.25) is 0 Å². The summed E-state index contributed by atoms with van der Waals surface area (Å²) >= 11 is 5.03. The molecule has 0 aromatic heterocycles. The number of rotatable bonds is 1. The molecule has 3 N–H and O–H groups in total. The number of nitrogens with two attached hydrogens (primary N) is 1. The van der Waals surface area contributed by atoms with Gasteiger partial charge in [0.2, 0.25) is 0 Å². The fourth-order valence-electron chi connectivity index (χ4n) is 2.21. The van der Waals surface area contributed by atoms with Gasteiger partial charge in [0.1, 0.15) is 10.8 Å². The Labute approximate surface area is 111 Å². The van der Waals surface area contributed by atoms with Crippen LogP contribution in [0.25, 0.3) is 0 Å². The summed E-state index contributed by atoms with van der Waals surface area (Å²) in [5.41, 5.74) is 4.36. The largest absolute Gasteiger partial charge is 0.399 e. The topological polar surface area (TPSA) is 38.0 Å². The van der Waals surface area contributed by atoms with Crippen molar-refractivity contribution in [3.8, 4) is 0 Å². The van der Waals surface area contributed by atoms with E-state index in [0.29, 0.717) is 17.7 Å². The van der Waals surface area contributed by atoms with Crippen molar-refractivity contribution in [2.45, 2.75) is 37.9 Å². The minimum Gasteiger partial charge on any atom is -0.399 e. The van der Waals surface area contributed by atoms with Crippen LogP contribution in [-0.4, -0.2) is 10.7 Å². The van der Waals surface area contributed by atoms with E-state index < -0.39 is 11.2 Å². The lowest BCUT2D eigenvalue weighted by atomic mass is 9.79. The van der Waals surface area contributed by atoms with Gasteiger partial charge in [0.05, 0.1) is 5.54 Å². The van der Waals surface area contributed by atoms with Gasteiger partial charge in [0, 0.05) is 11.3 Å². The zero-order valence-electron chi connectivity index (χ0n) is 10.4. The maximum absolute atomic E-state index is 14.0. The number of hydrogen-bond acceptors (Lipinski definition) is 2. The van der Waals surface area contributed by atoms with Crippen molar-refractivity contribution in [3.05, 3.63) is 29.6 Å². The molecule has 2 rings (SSSR count). The monoisotopic (exact) mass is 270 g/mol. The summed E-state index contributed by atoms with van der Waals surface area (Å²) in [6.07, 6.45) is 0.726. The number of alkyl halides is 1. The molecule has 0 aliphatic carbocycles. The first-order chi connectivity index (χ1) is 8.24. The average molecular weight is 270 g/mol. The molecule has 2 nitrogen and oxygen atoms in total. The summed E-state index contributed by atoms with van der Waals surface area (Å²) in [6, 6.07) is 4.40. The van der Waals surface area contributed by atoms with Gasteiger partial charge in [-0.15, -0.1) is 0 Å². The highest BCUT2D eigenvalue weighted by Crippen LogP contribution is 2.37. The third-order valence-electron chi connectivity index (χ3n) is 3.54. The molecule has 1 aliphatic heterocycles. The second kappa shape index (κ2) is 4.16. The summed E-state index contributed by atoms with van der Waals surface area (Å²) in [6.45, 7) is 3.25. The number of piperidine rings is 1. The molecule has 5 heteroatoms. The minimum absolute atomic E-state index is 0.123. The fourth-order valence-corrected chi connectivity index (χ4v) is 2.54. The Kier molecular flexibility index (Phi) is 3.05. The van der Waals surface area contributed by atoms with Crippen LogP contribution in [0, 0.1) is 5.82 Å². The van der Waals surface area contributed by atoms with E-state index in [4.69, 9.17) is 18.0 Å². The smallest absolute Gasteiger partial charge is 0.157 e. The molecule has 98 valence electrons. The van der Waals surface area contributed by atoms with Crippen molar-refractivity contribution in [3.63, 3.8) is 0 Å². The van der Waals surface area contributed by atoms with Gasteiger partial charge >= 0.3 is 0 Å². The Morgan fingerprint density at radius 1 is 1.33 bits per heavy atom. The average Bonchev–Trinajstić information content (AvgIpc) is 2.28. The Bertz CT molecular complexity index is 502. The third-order valence-corrected chi connectivity index (χ3v) is 4.07. The molecular formula is C13H16F2N2S. The van der Waals surface area contributed by atoms with Gasteiger partial charge in [0.15, 0.2) is 5.67 Å². The zero-order chi connectivity index (χ0) is 13.6. The van der Waals surface area contributed by atoms with Crippen LogP contribution in [0.15, 0.2) is 18.2 Å². The maximum atomic E-state index is 14.0. The molecular weight excluding hydrogens is 254 g/mol. The molecule has 0 radical (unpaired) electrons. The van der Waals surface area contributed by atoms with E-state index in [2.05, 4.69) is 5.32 Å². The first-order valence-electron chi connectivity index (χ1n) is 5.82. The highest BCUT2D eigenvalue weighted by Gasteiger charge is 2.43. The van der Waals surface area contributed by atoms with E-state index in [0.717, 1.165) is 0 Å². The van der Waals surface area contributed by atoms with Crippen molar-refractivity contribution in [2.24, 2.45) is 0 Å². The number of halogens is 2. The normalized spacial score (nSPS) is 32.1. The zero-order valence-corrected chi connectivity index (χ0v) is 11.2. The van der Waals surface area contributed by atoms with Gasteiger partial charge in [-0.2, -0.15) is 0 Å². The maximum Gasteiger partial charge on any atom is 0.157 e. The molecule has 1 aromatic rings. The lowest BCUT2D eigenvalue weighted by Crippen LogP contribution is -2.55. The molecule has 0 saturated carbocycles. The van der Waals surface area contributed by atoms with Crippen LogP contribution < -0.4 is 11.1 Å². The molecule has 1 saturated heterocycles. The van der Waals surface area contributed by atoms with Gasteiger partial charge in [-0.05, 0) is 44.9 Å². The lowest BCUT2D eigenvalue weighted by molar-refractivity contribution is 0.192. The van der Waals surface area contributed by atoms with Crippen LogP contribution >= 0.6 is 12.2 Å². The Hall–Kier alpha value is -1.23. The van der Waals surface area contributed by atoms with E-state index in [1.807, 2.05) is 6.92 Å². The molecule has 1 fully saturated rings. The van der Waals surface area contributed by atoms with Gasteiger partial charge < -0.3 is 11.1 Å². The Balaban J connectivity index is 2.38. The van der Waals surface area contributed by atoms with E-state index in [-0.39, 0.29) is 17.2 Å². The van der Waals surface area contributed by atoms with E-state index in [1.165, 1.54) is 19.1 Å². The van der Waals surface area contributed by atoms with Gasteiger partial charge in [-0.25, -0.2) is 8.78 Å². The van der Waals surface area contributed by atoms with E-state index >= 15 is 0 Å². The summed E-state index contributed by atoms with van der Waals surface area (Å²) in [5, 5.41) is 2.93. The lowest BCUT2D eigenvalue weighted by Gasteiger charge is -2.42. The standard InChI is InChI=1S/C13H16F2N2S/c1-12(15)5-6-13(2,17-11(12)18)9-7-8(16)3-4-10(9)14/h3-4,7H,5-6,16H2,1-2H3,(H,17,18)/t12-,13-/m0/s1. The number of nitrogens with one attached hydrogen (secondary N) is 1. The van der Waals surface area contributed by atoms with Crippen LogP contribution in [0.4, 0.5) is 14.5 Å². The van der Waals surface area contributed by atoms with Gasteiger partial charge in [0.25, 0.3) is 0 Å². The first kappa shape index (κ1) is 13.2. The van der Waals surface area contributed by atoms with E-state index in [9.17, 15) is 8.78 Å². The molecule has 1 aliphatic rings. The van der Waals surface area contributed by atoms with E-state index in [1.54, 1.807) is 6.07 Å². The summed E-state index contributed by atoms with van der Waals surface area (Å²) in [5.74, 6) is -0.357. The Morgan fingerprint density at radius 2 is 2.00 bits per heavy atom. The highest BCUT2D eigenvalue weighted by molar-refractivity contribution is 7.80. The summed E-state index contributed by atoms with van der Waals surface area (Å²) < 4.78 is 27.9. The minimum atomic E-state index is -1.52. The van der Waals surface area contributed by atoms with Gasteiger partial charge in [-0.1, -0.05) is 12.2 Å². The summed E-state index contributed by atoms with van der Waals surface area (Å²) in [7, 11) is 0. The van der Waals surface area contributed by atoms with Crippen molar-refractivity contribution < 1.29 is 8.78 Å². The van der Waals surface area contributed by atoms with Crippen LogP contribution in [-0.2, 0) is 5.54 Å². The molecule has 0 amide bonds. The molecule has 0 bridgehead atoms. The SMILES string of the molecule is C[C@]1(F)CC[C@@](C)(c2cc(N)ccc2F)NC1=S. The van der Waals surface area contributed by atoms with Crippen molar-refractivity contribution >= 4 is 22.9 Å². The number of nitrogen functional groups attached to an aromatic ring is 1.